The number of fused-ring (bicyclic) bond motifs is 4. The molecular formula is C34H44O8. The quantitative estimate of drug-likeness (QED) is 0.301. The van der Waals surface area contributed by atoms with Gasteiger partial charge in [0.05, 0.1) is 5.56 Å². The Morgan fingerprint density at radius 3 is 1.81 bits per heavy atom. The van der Waals surface area contributed by atoms with Crippen molar-refractivity contribution in [3.63, 3.8) is 0 Å². The van der Waals surface area contributed by atoms with Crippen LogP contribution in [0.4, 0.5) is 0 Å². The molecule has 0 bridgehead atoms. The van der Waals surface area contributed by atoms with Gasteiger partial charge in [0.1, 0.15) is 62.9 Å². The van der Waals surface area contributed by atoms with E-state index in [-0.39, 0.29) is 74.9 Å². The topological polar surface area (TPSA) is 123 Å². The number of ketones is 2. The first-order chi connectivity index (χ1) is 19.5. The fourth-order valence-electron chi connectivity index (χ4n) is 7.07. The highest BCUT2D eigenvalue weighted by Crippen LogP contribution is 2.66. The van der Waals surface area contributed by atoms with Crippen molar-refractivity contribution in [2.75, 3.05) is 0 Å². The van der Waals surface area contributed by atoms with Crippen LogP contribution >= 0.6 is 0 Å². The van der Waals surface area contributed by atoms with E-state index in [0.29, 0.717) is 41.9 Å². The van der Waals surface area contributed by atoms with E-state index in [2.05, 4.69) is 0 Å². The average Bonchev–Trinajstić information content (AvgIpc) is 2.91. The smallest absolute Gasteiger partial charge is 0.173 e. The van der Waals surface area contributed by atoms with Crippen LogP contribution in [0.1, 0.15) is 130 Å². The lowest BCUT2D eigenvalue weighted by Crippen LogP contribution is -2.53. The molecule has 0 fully saturated rings. The van der Waals surface area contributed by atoms with Crippen molar-refractivity contribution in [1.29, 1.82) is 0 Å². The van der Waals surface area contributed by atoms with Gasteiger partial charge in [0, 0.05) is 40.4 Å². The molecule has 5 rings (SSSR count). The predicted octanol–water partition coefficient (Wildman–Crippen LogP) is 7.44. The predicted molar refractivity (Wildman–Crippen MR) is 159 cm³/mol. The number of hydrogen-bond donors (Lipinski definition) is 3. The van der Waals surface area contributed by atoms with Crippen molar-refractivity contribution >= 4 is 11.6 Å². The van der Waals surface area contributed by atoms with E-state index < -0.39 is 17.3 Å². The van der Waals surface area contributed by atoms with Gasteiger partial charge < -0.3 is 29.5 Å². The third-order valence-corrected chi connectivity index (χ3v) is 9.85. The van der Waals surface area contributed by atoms with Crippen LogP contribution in [0.25, 0.3) is 0 Å². The van der Waals surface area contributed by atoms with Crippen molar-refractivity contribution in [2.24, 2.45) is 17.8 Å². The van der Waals surface area contributed by atoms with Crippen LogP contribution in [-0.4, -0.2) is 38.1 Å². The molecule has 8 heteroatoms. The summed E-state index contributed by atoms with van der Waals surface area (Å²) >= 11 is 0. The maximum Gasteiger partial charge on any atom is 0.173 e. The first kappa shape index (κ1) is 30.1. The minimum atomic E-state index is -0.921. The molecule has 42 heavy (non-hydrogen) atoms. The third-order valence-electron chi connectivity index (χ3n) is 9.85. The van der Waals surface area contributed by atoms with Gasteiger partial charge in [0.25, 0.3) is 0 Å². The number of phenols is 3. The highest BCUT2D eigenvalue weighted by atomic mass is 16.5. The summed E-state index contributed by atoms with van der Waals surface area (Å²) in [5.74, 6) is -1.50. The lowest BCUT2D eigenvalue weighted by Gasteiger charge is -2.54. The van der Waals surface area contributed by atoms with E-state index in [1.807, 2.05) is 48.5 Å². The van der Waals surface area contributed by atoms with Gasteiger partial charge in [-0.1, -0.05) is 27.7 Å². The molecule has 0 unspecified atom stereocenters. The summed E-state index contributed by atoms with van der Waals surface area (Å²) in [4.78, 5) is 27.2. The molecule has 0 saturated carbocycles. The van der Waals surface area contributed by atoms with Crippen molar-refractivity contribution in [1.82, 2.24) is 0 Å². The van der Waals surface area contributed by atoms with Gasteiger partial charge in [-0.25, -0.2) is 0 Å². The van der Waals surface area contributed by atoms with Gasteiger partial charge in [-0.3, -0.25) is 9.59 Å². The summed E-state index contributed by atoms with van der Waals surface area (Å²) in [6.45, 7) is 18.5. The molecule has 2 aromatic carbocycles. The molecule has 3 aliphatic heterocycles. The van der Waals surface area contributed by atoms with Crippen LogP contribution < -0.4 is 14.2 Å². The fraction of sp³-hybridized carbons (Fsp3) is 0.588. The molecule has 0 saturated heterocycles. The molecule has 5 atom stereocenters. The van der Waals surface area contributed by atoms with Gasteiger partial charge in [0.15, 0.2) is 11.6 Å². The average molecular weight is 581 g/mol. The first-order valence-corrected chi connectivity index (χ1v) is 15.1. The Kier molecular flexibility index (Phi) is 7.02. The second kappa shape index (κ2) is 9.81. The largest absolute Gasteiger partial charge is 0.507 e. The maximum absolute atomic E-state index is 13.6. The first-order valence-electron chi connectivity index (χ1n) is 15.1. The van der Waals surface area contributed by atoms with E-state index >= 15 is 0 Å². The molecule has 2 aromatic rings. The number of carbonyl (C=O) groups excluding carboxylic acids is 2. The number of rotatable bonds is 6. The molecule has 3 aliphatic rings. The molecule has 228 valence electrons. The normalized spacial score (nSPS) is 24.1. The molecule has 8 nitrogen and oxygen atoms in total. The van der Waals surface area contributed by atoms with Crippen molar-refractivity contribution in [3.05, 3.63) is 33.4 Å². The second-order valence-corrected chi connectivity index (χ2v) is 13.6. The van der Waals surface area contributed by atoms with Crippen molar-refractivity contribution < 1.29 is 39.1 Å². The second-order valence-electron chi connectivity index (χ2n) is 13.6. The van der Waals surface area contributed by atoms with Crippen LogP contribution in [0.2, 0.25) is 0 Å². The van der Waals surface area contributed by atoms with E-state index in [1.165, 1.54) is 0 Å². The van der Waals surface area contributed by atoms with Gasteiger partial charge in [0.2, 0.25) is 0 Å². The van der Waals surface area contributed by atoms with E-state index in [9.17, 15) is 24.9 Å². The molecule has 0 aliphatic carbocycles. The van der Waals surface area contributed by atoms with Gasteiger partial charge in [-0.2, -0.15) is 0 Å². The lowest BCUT2D eigenvalue weighted by molar-refractivity contribution is -0.0861. The third kappa shape index (κ3) is 4.15. The fourth-order valence-corrected chi connectivity index (χ4v) is 7.07. The Morgan fingerprint density at radius 2 is 1.29 bits per heavy atom. The molecular weight excluding hydrogens is 536 g/mol. The molecule has 0 radical (unpaired) electrons. The SMILES string of the molecule is CC[C@@H](C)C(=O)c1c(O)c(C)c(O)c2c1OC(C)(C)[C@H]1[C@@H]2Oc2c(C)c(O)c(C(=O)[C@H](C)CC)c3c2[C@@H]1CC(C)(C)O3. The van der Waals surface area contributed by atoms with Gasteiger partial charge >= 0.3 is 0 Å². The minimum Gasteiger partial charge on any atom is -0.507 e. The van der Waals surface area contributed by atoms with Crippen LogP contribution in [0.3, 0.4) is 0 Å². The molecule has 3 heterocycles. The summed E-state index contributed by atoms with van der Waals surface area (Å²) in [7, 11) is 0. The highest BCUT2D eigenvalue weighted by molar-refractivity contribution is 6.05. The Morgan fingerprint density at radius 1 is 0.786 bits per heavy atom. The van der Waals surface area contributed by atoms with Crippen LogP contribution in [0, 0.1) is 31.6 Å². The van der Waals surface area contributed by atoms with E-state index in [4.69, 9.17) is 14.2 Å². The zero-order valence-electron chi connectivity index (χ0n) is 26.4. The number of hydrogen-bond acceptors (Lipinski definition) is 8. The van der Waals surface area contributed by atoms with Crippen molar-refractivity contribution in [3.8, 4) is 34.5 Å². The number of Topliss-reactive ketones (excluding diaryl/α,β-unsaturated/α-hetero) is 2. The maximum atomic E-state index is 13.6. The summed E-state index contributed by atoms with van der Waals surface area (Å²) in [5, 5.41) is 34.1. The monoisotopic (exact) mass is 580 g/mol. The Labute approximate surface area is 248 Å². The Hall–Kier alpha value is -3.42. The standard InChI is InChI=1S/C34H44O8/c1-11-14(3)24(35)20-26(37)16(5)27(38)22-31(20)42-34(9,10)23-18-13-33(7,8)41-30-19(18)29(40-32(22)23)17(6)28(39)21(30)25(36)15(4)12-2/h14-15,18,23,32,37-39H,11-13H2,1-10H3/t14-,15-,18+,23-,32-/m1/s1. The Balaban J connectivity index is 1.83. The Bertz CT molecular complexity index is 1500. The van der Waals surface area contributed by atoms with Crippen molar-refractivity contribution in [2.45, 2.75) is 112 Å². The van der Waals surface area contributed by atoms with Crippen LogP contribution in [-0.2, 0) is 0 Å². The number of benzene rings is 2. The number of aromatic hydroxyl groups is 3. The van der Waals surface area contributed by atoms with Crippen LogP contribution in [0.15, 0.2) is 0 Å². The summed E-state index contributed by atoms with van der Waals surface area (Å²) in [5.41, 5.74) is 0.265. The van der Waals surface area contributed by atoms with E-state index in [1.54, 1.807) is 20.8 Å². The molecule has 0 amide bonds. The van der Waals surface area contributed by atoms with Crippen LogP contribution in [0.5, 0.6) is 34.5 Å². The number of carbonyl (C=O) groups is 2. The minimum absolute atomic E-state index is 0.0534. The molecule has 0 spiro atoms. The van der Waals surface area contributed by atoms with E-state index in [0.717, 1.165) is 5.56 Å². The van der Waals surface area contributed by atoms with Gasteiger partial charge in [-0.05, 0) is 60.8 Å². The number of phenolic OH excluding ortho intramolecular Hbond substituents is 3. The summed E-state index contributed by atoms with van der Waals surface area (Å²) in [6.07, 6.45) is 0.988. The number of ether oxygens (including phenoxy) is 3. The summed E-state index contributed by atoms with van der Waals surface area (Å²) < 4.78 is 19.9. The van der Waals surface area contributed by atoms with Gasteiger partial charge in [-0.15, -0.1) is 0 Å². The highest BCUT2D eigenvalue weighted by Gasteiger charge is 2.59. The summed E-state index contributed by atoms with van der Waals surface area (Å²) in [6, 6.07) is 0. The zero-order valence-corrected chi connectivity index (χ0v) is 26.4. The zero-order chi connectivity index (χ0) is 31.2. The molecule has 0 aromatic heterocycles. The lowest BCUT2D eigenvalue weighted by atomic mass is 9.63. The molecule has 3 N–H and O–H groups in total.